The summed E-state index contributed by atoms with van der Waals surface area (Å²) in [5, 5.41) is 0. The average molecular weight is 350 g/mol. The van der Waals surface area contributed by atoms with Gasteiger partial charge in [0.15, 0.2) is 0 Å². The second-order valence-electron chi connectivity index (χ2n) is 3.94. The molecular weight excluding hydrogens is 336 g/mol. The van der Waals surface area contributed by atoms with Crippen molar-refractivity contribution in [2.45, 2.75) is 20.3 Å². The SMILES string of the molecule is CC(C)CCOC(=O)c1cc(Br)ccc1Br. The third-order valence-corrected chi connectivity index (χ3v) is 3.26. The second-order valence-corrected chi connectivity index (χ2v) is 5.71. The van der Waals surface area contributed by atoms with Crippen LogP contribution in [0.4, 0.5) is 0 Å². The standard InChI is InChI=1S/C12H14Br2O2/c1-8(2)5-6-16-12(15)10-7-9(13)3-4-11(10)14/h3-4,7-8H,5-6H2,1-2H3. The Labute approximate surface area is 113 Å². The second kappa shape index (κ2) is 6.40. The lowest BCUT2D eigenvalue weighted by Crippen LogP contribution is -2.08. The molecule has 1 rings (SSSR count). The number of carbonyl (C=O) groups is 1. The molecule has 0 bridgehead atoms. The van der Waals surface area contributed by atoms with Gasteiger partial charge in [-0.15, -0.1) is 0 Å². The number of hydrogen-bond acceptors (Lipinski definition) is 2. The molecule has 0 spiro atoms. The summed E-state index contributed by atoms with van der Waals surface area (Å²) in [6, 6.07) is 5.44. The van der Waals surface area contributed by atoms with E-state index in [1.807, 2.05) is 12.1 Å². The Kier molecular flexibility index (Phi) is 5.49. The third-order valence-electron chi connectivity index (χ3n) is 2.08. The first kappa shape index (κ1) is 13.7. The van der Waals surface area contributed by atoms with Crippen molar-refractivity contribution in [2.75, 3.05) is 6.61 Å². The Balaban J connectivity index is 2.62. The first-order valence-corrected chi connectivity index (χ1v) is 6.71. The van der Waals surface area contributed by atoms with Gasteiger partial charge in [0.1, 0.15) is 0 Å². The van der Waals surface area contributed by atoms with Gasteiger partial charge in [0, 0.05) is 8.95 Å². The van der Waals surface area contributed by atoms with Gasteiger partial charge in [-0.25, -0.2) is 4.79 Å². The zero-order chi connectivity index (χ0) is 12.1. The third kappa shape index (κ3) is 4.26. The molecule has 0 aliphatic carbocycles. The zero-order valence-electron chi connectivity index (χ0n) is 9.30. The molecule has 0 heterocycles. The molecule has 0 aliphatic heterocycles. The number of hydrogen-bond donors (Lipinski definition) is 0. The summed E-state index contributed by atoms with van der Waals surface area (Å²) in [5.74, 6) is 0.257. The van der Waals surface area contributed by atoms with Crippen molar-refractivity contribution < 1.29 is 9.53 Å². The first-order valence-electron chi connectivity index (χ1n) is 5.13. The molecule has 0 fully saturated rings. The van der Waals surface area contributed by atoms with Crippen molar-refractivity contribution >= 4 is 37.8 Å². The minimum atomic E-state index is -0.283. The summed E-state index contributed by atoms with van der Waals surface area (Å²) in [5.41, 5.74) is 0.554. The summed E-state index contributed by atoms with van der Waals surface area (Å²) in [6.07, 6.45) is 0.886. The topological polar surface area (TPSA) is 26.3 Å². The van der Waals surface area contributed by atoms with E-state index in [2.05, 4.69) is 45.7 Å². The van der Waals surface area contributed by atoms with Crippen LogP contribution in [0, 0.1) is 5.92 Å². The van der Waals surface area contributed by atoms with Crippen molar-refractivity contribution in [3.63, 3.8) is 0 Å². The Morgan fingerprint density at radius 1 is 1.38 bits per heavy atom. The smallest absolute Gasteiger partial charge is 0.339 e. The highest BCUT2D eigenvalue weighted by Crippen LogP contribution is 2.22. The number of benzene rings is 1. The normalized spacial score (nSPS) is 10.6. The van der Waals surface area contributed by atoms with E-state index in [1.165, 1.54) is 0 Å². The van der Waals surface area contributed by atoms with Crippen molar-refractivity contribution in [2.24, 2.45) is 5.92 Å². The molecule has 2 nitrogen and oxygen atoms in total. The maximum Gasteiger partial charge on any atom is 0.339 e. The van der Waals surface area contributed by atoms with Crippen LogP contribution in [0.15, 0.2) is 27.1 Å². The molecular formula is C12H14Br2O2. The molecule has 1 aromatic rings. The summed E-state index contributed by atoms with van der Waals surface area (Å²) < 4.78 is 6.81. The molecule has 0 saturated heterocycles. The van der Waals surface area contributed by atoms with Gasteiger partial charge in [0.2, 0.25) is 0 Å². The fourth-order valence-electron chi connectivity index (χ4n) is 1.12. The number of halogens is 2. The Morgan fingerprint density at radius 2 is 2.06 bits per heavy atom. The van der Waals surface area contributed by atoms with Crippen molar-refractivity contribution in [3.05, 3.63) is 32.7 Å². The van der Waals surface area contributed by atoms with Crippen LogP contribution in [-0.2, 0) is 4.74 Å². The number of esters is 1. The fraction of sp³-hybridized carbons (Fsp3) is 0.417. The Hall–Kier alpha value is -0.350. The average Bonchev–Trinajstić information content (AvgIpc) is 2.21. The summed E-state index contributed by atoms with van der Waals surface area (Å²) in [6.45, 7) is 4.67. The molecule has 0 N–H and O–H groups in total. The van der Waals surface area contributed by atoms with Crippen LogP contribution in [-0.4, -0.2) is 12.6 Å². The van der Waals surface area contributed by atoms with Crippen molar-refractivity contribution in [1.29, 1.82) is 0 Å². The van der Waals surface area contributed by atoms with Crippen LogP contribution in [0.5, 0.6) is 0 Å². The van der Waals surface area contributed by atoms with Crippen LogP contribution >= 0.6 is 31.9 Å². The van der Waals surface area contributed by atoms with Gasteiger partial charge in [-0.1, -0.05) is 29.8 Å². The number of ether oxygens (including phenoxy) is 1. The minimum absolute atomic E-state index is 0.283. The Bertz CT molecular complexity index is 375. The monoisotopic (exact) mass is 348 g/mol. The quantitative estimate of drug-likeness (QED) is 0.752. The zero-order valence-corrected chi connectivity index (χ0v) is 12.5. The van der Waals surface area contributed by atoms with Gasteiger partial charge in [-0.3, -0.25) is 0 Å². The molecule has 0 unspecified atom stereocenters. The molecule has 0 radical (unpaired) electrons. The first-order chi connectivity index (χ1) is 7.50. The summed E-state index contributed by atoms with van der Waals surface area (Å²) >= 11 is 6.66. The maximum atomic E-state index is 11.7. The van der Waals surface area contributed by atoms with E-state index in [1.54, 1.807) is 6.07 Å². The number of carbonyl (C=O) groups excluding carboxylic acids is 1. The highest BCUT2D eigenvalue weighted by Gasteiger charge is 2.11. The van der Waals surface area contributed by atoms with Crippen LogP contribution in [0.1, 0.15) is 30.6 Å². The van der Waals surface area contributed by atoms with Gasteiger partial charge >= 0.3 is 5.97 Å². The van der Waals surface area contributed by atoms with E-state index in [0.717, 1.165) is 15.4 Å². The van der Waals surface area contributed by atoms with E-state index in [4.69, 9.17) is 4.74 Å². The minimum Gasteiger partial charge on any atom is -0.462 e. The molecule has 0 amide bonds. The van der Waals surface area contributed by atoms with Gasteiger partial charge in [-0.2, -0.15) is 0 Å². The molecule has 16 heavy (non-hydrogen) atoms. The lowest BCUT2D eigenvalue weighted by molar-refractivity contribution is 0.0487. The molecule has 0 saturated carbocycles. The van der Waals surface area contributed by atoms with Gasteiger partial charge in [0.25, 0.3) is 0 Å². The summed E-state index contributed by atoms with van der Waals surface area (Å²) in [4.78, 5) is 11.7. The van der Waals surface area contributed by atoms with Crippen LogP contribution in [0.3, 0.4) is 0 Å². The molecule has 1 aromatic carbocycles. The van der Waals surface area contributed by atoms with Crippen LogP contribution in [0.2, 0.25) is 0 Å². The van der Waals surface area contributed by atoms with E-state index >= 15 is 0 Å². The van der Waals surface area contributed by atoms with E-state index in [9.17, 15) is 4.79 Å². The largest absolute Gasteiger partial charge is 0.462 e. The highest BCUT2D eigenvalue weighted by atomic mass is 79.9. The van der Waals surface area contributed by atoms with Crippen molar-refractivity contribution in [3.8, 4) is 0 Å². The molecule has 4 heteroatoms. The highest BCUT2D eigenvalue weighted by molar-refractivity contribution is 9.11. The van der Waals surface area contributed by atoms with Crippen molar-refractivity contribution in [1.82, 2.24) is 0 Å². The molecule has 0 atom stereocenters. The molecule has 0 aliphatic rings. The van der Waals surface area contributed by atoms with E-state index in [0.29, 0.717) is 18.1 Å². The lowest BCUT2D eigenvalue weighted by atomic mass is 10.1. The van der Waals surface area contributed by atoms with Gasteiger partial charge < -0.3 is 4.74 Å². The van der Waals surface area contributed by atoms with E-state index in [-0.39, 0.29) is 5.97 Å². The maximum absolute atomic E-state index is 11.7. The van der Waals surface area contributed by atoms with Gasteiger partial charge in [0.05, 0.1) is 12.2 Å². The summed E-state index contributed by atoms with van der Waals surface area (Å²) in [7, 11) is 0. The van der Waals surface area contributed by atoms with Gasteiger partial charge in [-0.05, 0) is 46.5 Å². The lowest BCUT2D eigenvalue weighted by Gasteiger charge is -2.08. The van der Waals surface area contributed by atoms with Crippen LogP contribution in [0.25, 0.3) is 0 Å². The molecule has 0 aromatic heterocycles. The Morgan fingerprint density at radius 3 is 2.69 bits per heavy atom. The number of rotatable bonds is 4. The molecule has 88 valence electrons. The van der Waals surface area contributed by atoms with Crippen LogP contribution < -0.4 is 0 Å². The predicted octanol–water partition coefficient (Wildman–Crippen LogP) is 4.41. The predicted molar refractivity (Wildman–Crippen MR) is 71.6 cm³/mol. The fourth-order valence-corrected chi connectivity index (χ4v) is 1.89. The van der Waals surface area contributed by atoms with E-state index < -0.39 is 0 Å².